The van der Waals surface area contributed by atoms with E-state index in [1.54, 1.807) is 6.20 Å². The van der Waals surface area contributed by atoms with Crippen LogP contribution in [-0.2, 0) is 0 Å². The summed E-state index contributed by atoms with van der Waals surface area (Å²) >= 11 is 5.01. The van der Waals surface area contributed by atoms with Gasteiger partial charge in [0.1, 0.15) is 10.8 Å². The second-order valence-corrected chi connectivity index (χ2v) is 5.79. The van der Waals surface area contributed by atoms with E-state index in [0.29, 0.717) is 11.0 Å². The molecule has 0 spiro atoms. The van der Waals surface area contributed by atoms with Crippen molar-refractivity contribution in [3.63, 3.8) is 0 Å². The van der Waals surface area contributed by atoms with Gasteiger partial charge in [-0.15, -0.1) is 0 Å². The van der Waals surface area contributed by atoms with Crippen LogP contribution >= 0.6 is 12.2 Å². The molecular formula is C15H23N3S. The highest BCUT2D eigenvalue weighted by Crippen LogP contribution is 2.29. The molecule has 1 heterocycles. The molecule has 3 nitrogen and oxygen atoms in total. The second-order valence-electron chi connectivity index (χ2n) is 5.35. The molecule has 1 aliphatic rings. The molecule has 1 fully saturated rings. The van der Waals surface area contributed by atoms with Crippen LogP contribution in [0.4, 0.5) is 5.82 Å². The van der Waals surface area contributed by atoms with Gasteiger partial charge in [-0.3, -0.25) is 0 Å². The van der Waals surface area contributed by atoms with Crippen LogP contribution in [0.5, 0.6) is 0 Å². The number of rotatable bonds is 5. The van der Waals surface area contributed by atoms with E-state index in [1.165, 1.54) is 32.1 Å². The molecule has 0 amide bonds. The van der Waals surface area contributed by atoms with Crippen molar-refractivity contribution in [1.29, 1.82) is 0 Å². The van der Waals surface area contributed by atoms with Gasteiger partial charge in [-0.25, -0.2) is 4.98 Å². The van der Waals surface area contributed by atoms with Gasteiger partial charge in [-0.05, 0) is 37.3 Å². The number of hydrogen-bond acceptors (Lipinski definition) is 3. The van der Waals surface area contributed by atoms with Crippen molar-refractivity contribution < 1.29 is 0 Å². The summed E-state index contributed by atoms with van der Waals surface area (Å²) in [4.78, 5) is 4.81. The van der Waals surface area contributed by atoms with Gasteiger partial charge in [-0.1, -0.05) is 38.4 Å². The van der Waals surface area contributed by atoms with Crippen LogP contribution < -0.4 is 11.1 Å². The molecule has 104 valence electrons. The minimum Gasteiger partial charge on any atom is -0.389 e. The summed E-state index contributed by atoms with van der Waals surface area (Å²) in [7, 11) is 0. The fourth-order valence-electron chi connectivity index (χ4n) is 2.94. The third-order valence-electron chi connectivity index (χ3n) is 4.04. The molecule has 1 unspecified atom stereocenters. The number of hydrogen-bond donors (Lipinski definition) is 2. The first kappa shape index (κ1) is 14.3. The van der Waals surface area contributed by atoms with Crippen molar-refractivity contribution in [2.75, 3.05) is 5.32 Å². The average molecular weight is 277 g/mol. The zero-order valence-electron chi connectivity index (χ0n) is 11.6. The number of pyridine rings is 1. The lowest BCUT2D eigenvalue weighted by atomic mass is 9.83. The molecular weight excluding hydrogens is 254 g/mol. The Morgan fingerprint density at radius 1 is 1.47 bits per heavy atom. The number of nitrogens with one attached hydrogen (secondary N) is 1. The van der Waals surface area contributed by atoms with Crippen LogP contribution in [0.25, 0.3) is 0 Å². The summed E-state index contributed by atoms with van der Waals surface area (Å²) in [5.41, 5.74) is 6.55. The molecule has 1 atom stereocenters. The Hall–Kier alpha value is -1.16. The summed E-state index contributed by atoms with van der Waals surface area (Å²) in [6.07, 6.45) is 9.68. The fourth-order valence-corrected chi connectivity index (χ4v) is 3.07. The lowest BCUT2D eigenvalue weighted by molar-refractivity contribution is 0.312. The SMILES string of the molecule is CCC(Nc1cc(C(N)=S)ccn1)C1CCCCC1. The first-order valence-electron chi connectivity index (χ1n) is 7.23. The van der Waals surface area contributed by atoms with Crippen molar-refractivity contribution in [3.8, 4) is 0 Å². The van der Waals surface area contributed by atoms with Gasteiger partial charge in [-0.2, -0.15) is 0 Å². The maximum absolute atomic E-state index is 5.66. The van der Waals surface area contributed by atoms with Crippen LogP contribution in [0.1, 0.15) is 51.0 Å². The summed E-state index contributed by atoms with van der Waals surface area (Å²) in [6.45, 7) is 2.24. The second kappa shape index (κ2) is 6.85. The predicted octanol–water partition coefficient (Wildman–Crippen LogP) is 3.49. The Morgan fingerprint density at radius 2 is 2.21 bits per heavy atom. The number of aromatic nitrogens is 1. The smallest absolute Gasteiger partial charge is 0.126 e. The molecule has 3 N–H and O–H groups in total. The third-order valence-corrected chi connectivity index (χ3v) is 4.27. The topological polar surface area (TPSA) is 50.9 Å². The largest absolute Gasteiger partial charge is 0.389 e. The quantitative estimate of drug-likeness (QED) is 0.809. The third kappa shape index (κ3) is 3.90. The normalized spacial score (nSPS) is 17.9. The Morgan fingerprint density at radius 3 is 2.84 bits per heavy atom. The van der Waals surface area contributed by atoms with Gasteiger partial charge in [0.2, 0.25) is 0 Å². The molecule has 1 aromatic heterocycles. The summed E-state index contributed by atoms with van der Waals surface area (Å²) in [5, 5.41) is 3.57. The Bertz CT molecular complexity index is 427. The van der Waals surface area contributed by atoms with Gasteiger partial charge >= 0.3 is 0 Å². The van der Waals surface area contributed by atoms with E-state index in [0.717, 1.165) is 23.7 Å². The Labute approximate surface area is 121 Å². The maximum atomic E-state index is 5.66. The monoisotopic (exact) mass is 277 g/mol. The average Bonchev–Trinajstić information content (AvgIpc) is 2.46. The van der Waals surface area contributed by atoms with Crippen LogP contribution in [0.15, 0.2) is 18.3 Å². The van der Waals surface area contributed by atoms with E-state index in [9.17, 15) is 0 Å². The first-order valence-corrected chi connectivity index (χ1v) is 7.64. The fraction of sp³-hybridized carbons (Fsp3) is 0.600. The van der Waals surface area contributed by atoms with Crippen LogP contribution in [0, 0.1) is 5.92 Å². The van der Waals surface area contributed by atoms with Crippen molar-refractivity contribution >= 4 is 23.0 Å². The van der Waals surface area contributed by atoms with Gasteiger partial charge in [0, 0.05) is 17.8 Å². The van der Waals surface area contributed by atoms with E-state index in [1.807, 2.05) is 12.1 Å². The highest BCUT2D eigenvalue weighted by Gasteiger charge is 2.22. The number of nitrogens with zero attached hydrogens (tertiary/aromatic N) is 1. The van der Waals surface area contributed by atoms with E-state index < -0.39 is 0 Å². The molecule has 19 heavy (non-hydrogen) atoms. The molecule has 0 saturated heterocycles. The zero-order valence-corrected chi connectivity index (χ0v) is 12.4. The molecule has 1 saturated carbocycles. The van der Waals surface area contributed by atoms with Crippen molar-refractivity contribution in [1.82, 2.24) is 4.98 Å². The first-order chi connectivity index (χ1) is 9.20. The molecule has 0 radical (unpaired) electrons. The lowest BCUT2D eigenvalue weighted by Crippen LogP contribution is -2.30. The number of thiocarbonyl (C=S) groups is 1. The van der Waals surface area contributed by atoms with Crippen LogP contribution in [0.3, 0.4) is 0 Å². The van der Waals surface area contributed by atoms with Crippen molar-refractivity contribution in [2.45, 2.75) is 51.5 Å². The molecule has 1 aromatic rings. The standard InChI is InChI=1S/C15H23N3S/c1-2-13(11-6-4-3-5-7-11)18-14-10-12(15(16)19)8-9-17-14/h8-11,13H,2-7H2,1H3,(H2,16,19)(H,17,18). The minimum absolute atomic E-state index is 0.427. The van der Waals surface area contributed by atoms with Gasteiger partial charge in [0.15, 0.2) is 0 Å². The molecule has 0 aliphatic heterocycles. The van der Waals surface area contributed by atoms with E-state index in [2.05, 4.69) is 17.2 Å². The van der Waals surface area contributed by atoms with E-state index in [-0.39, 0.29) is 0 Å². The predicted molar refractivity (Wildman–Crippen MR) is 84.4 cm³/mol. The maximum Gasteiger partial charge on any atom is 0.126 e. The van der Waals surface area contributed by atoms with Crippen molar-refractivity contribution in [3.05, 3.63) is 23.9 Å². The van der Waals surface area contributed by atoms with Crippen molar-refractivity contribution in [2.24, 2.45) is 11.7 Å². The van der Waals surface area contributed by atoms with Gasteiger partial charge in [0.25, 0.3) is 0 Å². The molecule has 0 bridgehead atoms. The molecule has 2 rings (SSSR count). The van der Waals surface area contributed by atoms with E-state index >= 15 is 0 Å². The van der Waals surface area contributed by atoms with E-state index in [4.69, 9.17) is 18.0 Å². The van der Waals surface area contributed by atoms with Gasteiger partial charge in [0.05, 0.1) is 0 Å². The number of anilines is 1. The summed E-state index contributed by atoms with van der Waals surface area (Å²) in [6, 6.07) is 4.32. The molecule has 0 aromatic carbocycles. The zero-order chi connectivity index (χ0) is 13.7. The van der Waals surface area contributed by atoms with Crippen LogP contribution in [0.2, 0.25) is 0 Å². The van der Waals surface area contributed by atoms with Crippen LogP contribution in [-0.4, -0.2) is 16.0 Å². The lowest BCUT2D eigenvalue weighted by Gasteiger charge is -2.30. The summed E-state index contributed by atoms with van der Waals surface area (Å²) in [5.74, 6) is 1.66. The minimum atomic E-state index is 0.427. The number of nitrogens with two attached hydrogens (primary N) is 1. The van der Waals surface area contributed by atoms with Gasteiger partial charge < -0.3 is 11.1 Å². The summed E-state index contributed by atoms with van der Waals surface area (Å²) < 4.78 is 0. The highest BCUT2D eigenvalue weighted by molar-refractivity contribution is 7.80. The Balaban J connectivity index is 2.04. The Kier molecular flexibility index (Phi) is 5.14. The highest BCUT2D eigenvalue weighted by atomic mass is 32.1. The molecule has 1 aliphatic carbocycles. The molecule has 4 heteroatoms.